The van der Waals surface area contributed by atoms with E-state index in [0.29, 0.717) is 18.7 Å². The molecular formula is C14H19N3O2. The fourth-order valence-corrected chi connectivity index (χ4v) is 2.48. The molecular weight excluding hydrogens is 242 g/mol. The summed E-state index contributed by atoms with van der Waals surface area (Å²) in [6, 6.07) is 2.23. The maximum atomic E-state index is 12.4. The van der Waals surface area contributed by atoms with Crippen LogP contribution in [0, 0.1) is 30.6 Å². The van der Waals surface area contributed by atoms with E-state index in [-0.39, 0.29) is 5.91 Å². The maximum Gasteiger partial charge on any atom is 0.247 e. The van der Waals surface area contributed by atoms with Gasteiger partial charge in [-0.2, -0.15) is 5.26 Å². The van der Waals surface area contributed by atoms with E-state index in [4.69, 9.17) is 4.52 Å². The molecule has 2 rings (SSSR count). The number of nitrogens with one attached hydrogen (secondary N) is 1. The lowest BCUT2D eigenvalue weighted by molar-refractivity contribution is -0.123. The van der Waals surface area contributed by atoms with Gasteiger partial charge in [-0.1, -0.05) is 30.8 Å². The van der Waals surface area contributed by atoms with Crippen LogP contribution in [-0.4, -0.2) is 11.1 Å². The highest BCUT2D eigenvalue weighted by molar-refractivity contribution is 5.96. The predicted molar refractivity (Wildman–Crippen MR) is 70.4 cm³/mol. The van der Waals surface area contributed by atoms with Crippen LogP contribution in [0.3, 0.4) is 0 Å². The predicted octanol–water partition coefficient (Wildman–Crippen LogP) is 3.09. The molecule has 0 radical (unpaired) electrons. The molecule has 0 atom stereocenters. The summed E-state index contributed by atoms with van der Waals surface area (Å²) >= 11 is 0. The van der Waals surface area contributed by atoms with Gasteiger partial charge in [0.25, 0.3) is 0 Å². The normalized spacial score (nSPS) is 18.4. The second-order valence-corrected chi connectivity index (χ2v) is 5.28. The number of aryl methyl sites for hydroxylation is 1. The van der Waals surface area contributed by atoms with Crippen molar-refractivity contribution in [3.8, 4) is 6.07 Å². The molecule has 0 aliphatic heterocycles. The van der Waals surface area contributed by atoms with Crippen molar-refractivity contribution < 1.29 is 9.32 Å². The average Bonchev–Trinajstić information content (AvgIpc) is 2.64. The van der Waals surface area contributed by atoms with Crippen molar-refractivity contribution in [3.63, 3.8) is 0 Å². The molecule has 1 fully saturated rings. The number of nitriles is 1. The number of aromatic nitrogens is 1. The molecule has 1 saturated carbocycles. The van der Waals surface area contributed by atoms with Crippen molar-refractivity contribution in [2.45, 2.75) is 52.4 Å². The third-order valence-corrected chi connectivity index (χ3v) is 3.99. The van der Waals surface area contributed by atoms with Crippen molar-refractivity contribution in [2.75, 3.05) is 5.32 Å². The molecule has 102 valence electrons. The molecule has 1 aliphatic carbocycles. The van der Waals surface area contributed by atoms with Gasteiger partial charge in [0.05, 0.1) is 11.8 Å². The highest BCUT2D eigenvalue weighted by Gasteiger charge is 2.39. The van der Waals surface area contributed by atoms with Crippen LogP contribution < -0.4 is 5.32 Å². The second-order valence-electron chi connectivity index (χ2n) is 5.28. The van der Waals surface area contributed by atoms with Crippen LogP contribution in [0.4, 0.5) is 5.88 Å². The Balaban J connectivity index is 2.17. The average molecular weight is 261 g/mol. The first kappa shape index (κ1) is 13.6. The second kappa shape index (κ2) is 5.43. The number of hydrogen-bond donors (Lipinski definition) is 1. The Hall–Kier alpha value is -1.83. The molecule has 0 aromatic carbocycles. The van der Waals surface area contributed by atoms with Crippen LogP contribution in [-0.2, 0) is 4.79 Å². The molecule has 19 heavy (non-hydrogen) atoms. The molecule has 5 heteroatoms. The van der Waals surface area contributed by atoms with E-state index in [1.54, 1.807) is 0 Å². The van der Waals surface area contributed by atoms with Crippen LogP contribution in [0.2, 0.25) is 0 Å². The van der Waals surface area contributed by atoms with Crippen molar-refractivity contribution in [3.05, 3.63) is 11.3 Å². The molecule has 1 aliphatic rings. The highest BCUT2D eigenvalue weighted by Crippen LogP contribution is 2.36. The molecule has 0 unspecified atom stereocenters. The van der Waals surface area contributed by atoms with Gasteiger partial charge < -0.3 is 4.52 Å². The van der Waals surface area contributed by atoms with Crippen molar-refractivity contribution in [1.82, 2.24) is 5.16 Å². The summed E-state index contributed by atoms with van der Waals surface area (Å²) < 4.78 is 5.09. The fraction of sp³-hybridized carbons (Fsp3) is 0.643. The third-order valence-electron chi connectivity index (χ3n) is 3.99. The Morgan fingerprint density at radius 1 is 1.32 bits per heavy atom. The number of rotatable bonds is 2. The minimum atomic E-state index is -0.913. The molecule has 0 bridgehead atoms. The zero-order valence-corrected chi connectivity index (χ0v) is 11.5. The molecule has 0 spiro atoms. The van der Waals surface area contributed by atoms with E-state index in [1.165, 1.54) is 0 Å². The van der Waals surface area contributed by atoms with Crippen molar-refractivity contribution in [2.24, 2.45) is 5.41 Å². The van der Waals surface area contributed by atoms with Crippen LogP contribution in [0.1, 0.15) is 49.8 Å². The van der Waals surface area contributed by atoms with E-state index < -0.39 is 5.41 Å². The number of amides is 1. The number of hydrogen-bond acceptors (Lipinski definition) is 4. The molecule has 1 amide bonds. The summed E-state index contributed by atoms with van der Waals surface area (Å²) in [4.78, 5) is 12.4. The zero-order valence-electron chi connectivity index (χ0n) is 11.5. The fourth-order valence-electron chi connectivity index (χ4n) is 2.48. The molecule has 5 nitrogen and oxygen atoms in total. The Bertz CT molecular complexity index is 505. The van der Waals surface area contributed by atoms with Gasteiger partial charge >= 0.3 is 0 Å². The van der Waals surface area contributed by atoms with E-state index in [2.05, 4.69) is 16.5 Å². The number of carbonyl (C=O) groups excluding carboxylic acids is 1. The van der Waals surface area contributed by atoms with Gasteiger partial charge in [0.2, 0.25) is 11.8 Å². The highest BCUT2D eigenvalue weighted by atomic mass is 16.5. The summed E-state index contributed by atoms with van der Waals surface area (Å²) in [6.07, 6.45) is 5.29. The van der Waals surface area contributed by atoms with Crippen LogP contribution in [0.5, 0.6) is 0 Å². The summed E-state index contributed by atoms with van der Waals surface area (Å²) in [6.45, 7) is 3.66. The van der Waals surface area contributed by atoms with Gasteiger partial charge in [0.1, 0.15) is 5.41 Å². The summed E-state index contributed by atoms with van der Waals surface area (Å²) in [5, 5.41) is 16.0. The zero-order chi connectivity index (χ0) is 13.9. The van der Waals surface area contributed by atoms with Crippen LogP contribution in [0.25, 0.3) is 0 Å². The Morgan fingerprint density at radius 3 is 2.42 bits per heavy atom. The third kappa shape index (κ3) is 2.62. The lowest BCUT2D eigenvalue weighted by atomic mass is 9.81. The first-order chi connectivity index (χ1) is 9.09. The van der Waals surface area contributed by atoms with Gasteiger partial charge in [-0.25, -0.2) is 0 Å². The number of nitrogens with zero attached hydrogens (tertiary/aromatic N) is 2. The number of anilines is 1. The van der Waals surface area contributed by atoms with Crippen LogP contribution in [0.15, 0.2) is 4.52 Å². The first-order valence-corrected chi connectivity index (χ1v) is 6.75. The van der Waals surface area contributed by atoms with E-state index in [9.17, 15) is 10.1 Å². The van der Waals surface area contributed by atoms with E-state index in [0.717, 1.165) is 36.9 Å². The standard InChI is InChI=1S/C14H19N3O2/c1-10-11(2)17-19-12(10)16-13(18)14(9-15)7-5-3-4-6-8-14/h3-8H2,1-2H3,(H,16,18). The first-order valence-electron chi connectivity index (χ1n) is 6.75. The topological polar surface area (TPSA) is 78.9 Å². The van der Waals surface area contributed by atoms with Gasteiger partial charge in [-0.15, -0.1) is 0 Å². The summed E-state index contributed by atoms with van der Waals surface area (Å²) in [7, 11) is 0. The summed E-state index contributed by atoms with van der Waals surface area (Å²) in [5.74, 6) is 0.109. The van der Waals surface area contributed by atoms with Crippen molar-refractivity contribution >= 4 is 11.8 Å². The molecule has 1 N–H and O–H groups in total. The monoisotopic (exact) mass is 261 g/mol. The molecule has 1 heterocycles. The lowest BCUT2D eigenvalue weighted by Crippen LogP contribution is -2.34. The minimum absolute atomic E-state index is 0.254. The van der Waals surface area contributed by atoms with Crippen LogP contribution >= 0.6 is 0 Å². The van der Waals surface area contributed by atoms with Gasteiger partial charge in [-0.3, -0.25) is 10.1 Å². The molecule has 1 aromatic rings. The minimum Gasteiger partial charge on any atom is -0.338 e. The van der Waals surface area contributed by atoms with Crippen molar-refractivity contribution in [1.29, 1.82) is 5.26 Å². The van der Waals surface area contributed by atoms with Gasteiger partial charge in [0.15, 0.2) is 0 Å². The summed E-state index contributed by atoms with van der Waals surface area (Å²) in [5.41, 5.74) is 0.654. The smallest absolute Gasteiger partial charge is 0.247 e. The van der Waals surface area contributed by atoms with Gasteiger partial charge in [-0.05, 0) is 26.7 Å². The maximum absolute atomic E-state index is 12.4. The molecule has 0 saturated heterocycles. The van der Waals surface area contributed by atoms with E-state index in [1.807, 2.05) is 13.8 Å². The quantitative estimate of drug-likeness (QED) is 0.830. The largest absolute Gasteiger partial charge is 0.338 e. The Labute approximate surface area is 113 Å². The Morgan fingerprint density at radius 2 is 1.95 bits per heavy atom. The SMILES string of the molecule is Cc1noc(NC(=O)C2(C#N)CCCCCC2)c1C. The van der Waals surface area contributed by atoms with Gasteiger partial charge in [0, 0.05) is 5.56 Å². The van der Waals surface area contributed by atoms with E-state index >= 15 is 0 Å². The lowest BCUT2D eigenvalue weighted by Gasteiger charge is -2.22. The number of carbonyl (C=O) groups is 1. The molecule has 1 aromatic heterocycles. The Kier molecular flexibility index (Phi) is 3.89.